The number of hydrogen-bond donors (Lipinski definition) is 2. The van der Waals surface area contributed by atoms with Crippen molar-refractivity contribution in [3.63, 3.8) is 0 Å². The van der Waals surface area contributed by atoms with Gasteiger partial charge in [-0.2, -0.15) is 0 Å². The third-order valence-electron chi connectivity index (χ3n) is 3.04. The summed E-state index contributed by atoms with van der Waals surface area (Å²) in [4.78, 5) is 12.4. The molecule has 1 amide bonds. The molecule has 0 atom stereocenters. The lowest BCUT2D eigenvalue weighted by Gasteiger charge is -2.07. The second kappa shape index (κ2) is 6.83. The van der Waals surface area contributed by atoms with E-state index in [2.05, 4.69) is 21.2 Å². The first kappa shape index (κ1) is 15.7. The maximum Gasteiger partial charge on any atom is 0.228 e. The quantitative estimate of drug-likeness (QED) is 0.817. The van der Waals surface area contributed by atoms with Crippen LogP contribution < -0.4 is 11.1 Å². The van der Waals surface area contributed by atoms with E-state index in [1.54, 1.807) is 0 Å². The summed E-state index contributed by atoms with van der Waals surface area (Å²) in [5, 5.41) is 2.89. The molecule has 0 aliphatic carbocycles. The minimum Gasteiger partial charge on any atom is -0.389 e. The van der Waals surface area contributed by atoms with Crippen LogP contribution in [0.3, 0.4) is 0 Å². The average Bonchev–Trinajstić information content (AvgIpc) is 2.43. The van der Waals surface area contributed by atoms with Gasteiger partial charge in [0.1, 0.15) is 4.99 Å². The van der Waals surface area contributed by atoms with Crippen LogP contribution >= 0.6 is 28.1 Å². The smallest absolute Gasteiger partial charge is 0.228 e. The van der Waals surface area contributed by atoms with Gasteiger partial charge in [-0.25, -0.2) is 0 Å². The van der Waals surface area contributed by atoms with Crippen LogP contribution in [0.25, 0.3) is 0 Å². The highest BCUT2D eigenvalue weighted by atomic mass is 79.9. The Labute approximate surface area is 137 Å². The van der Waals surface area contributed by atoms with Crippen LogP contribution in [0.4, 0.5) is 5.69 Å². The summed E-state index contributed by atoms with van der Waals surface area (Å²) in [6.45, 7) is 1.98. The number of anilines is 1. The predicted molar refractivity (Wildman–Crippen MR) is 93.5 cm³/mol. The van der Waals surface area contributed by atoms with Crippen molar-refractivity contribution in [2.24, 2.45) is 5.73 Å². The minimum atomic E-state index is -0.0557. The third-order valence-corrected chi connectivity index (χ3v) is 4.17. The number of nitrogens with one attached hydrogen (secondary N) is 1. The number of rotatable bonds is 4. The summed E-state index contributed by atoms with van der Waals surface area (Å²) in [7, 11) is 0. The number of carbonyl (C=O) groups excluding carboxylic acids is 1. The van der Waals surface area contributed by atoms with E-state index in [-0.39, 0.29) is 5.91 Å². The molecule has 2 rings (SSSR count). The number of nitrogens with two attached hydrogens (primary N) is 1. The molecule has 0 radical (unpaired) electrons. The molecule has 0 saturated carbocycles. The van der Waals surface area contributed by atoms with Crippen LogP contribution in [-0.2, 0) is 11.2 Å². The molecule has 5 heteroatoms. The molecule has 0 saturated heterocycles. The van der Waals surface area contributed by atoms with Crippen molar-refractivity contribution < 1.29 is 4.79 Å². The van der Waals surface area contributed by atoms with Crippen molar-refractivity contribution in [1.29, 1.82) is 0 Å². The molecule has 2 aromatic rings. The van der Waals surface area contributed by atoms with Crippen LogP contribution in [0.2, 0.25) is 0 Å². The zero-order chi connectivity index (χ0) is 15.4. The standard InChI is InChI=1S/C16H15BrN2OS/c1-10-8-13(6-7-14(10)17)19-15(20)9-11-2-4-12(5-3-11)16(18)21/h2-8H,9H2,1H3,(H2,18,21)(H,19,20). The van der Waals surface area contributed by atoms with Gasteiger partial charge >= 0.3 is 0 Å². The normalized spacial score (nSPS) is 10.2. The van der Waals surface area contributed by atoms with Crippen LogP contribution in [0, 0.1) is 6.92 Å². The van der Waals surface area contributed by atoms with Crippen molar-refractivity contribution in [3.05, 3.63) is 63.6 Å². The second-order valence-electron chi connectivity index (χ2n) is 4.75. The highest BCUT2D eigenvalue weighted by Crippen LogP contribution is 2.20. The topological polar surface area (TPSA) is 55.1 Å². The van der Waals surface area contributed by atoms with E-state index in [1.807, 2.05) is 49.4 Å². The highest BCUT2D eigenvalue weighted by Gasteiger charge is 2.06. The fraction of sp³-hybridized carbons (Fsp3) is 0.125. The van der Waals surface area contributed by atoms with Gasteiger partial charge in [0.2, 0.25) is 5.91 Å². The molecule has 2 aromatic carbocycles. The average molecular weight is 363 g/mol. The molecule has 21 heavy (non-hydrogen) atoms. The Morgan fingerprint density at radius 3 is 2.48 bits per heavy atom. The molecule has 0 unspecified atom stereocenters. The Morgan fingerprint density at radius 2 is 1.90 bits per heavy atom. The van der Waals surface area contributed by atoms with Crippen molar-refractivity contribution in [2.45, 2.75) is 13.3 Å². The first-order valence-corrected chi connectivity index (χ1v) is 7.60. The third kappa shape index (κ3) is 4.37. The molecule has 0 spiro atoms. The molecule has 3 N–H and O–H groups in total. The van der Waals surface area contributed by atoms with Crippen LogP contribution in [0.1, 0.15) is 16.7 Å². The molecular weight excluding hydrogens is 348 g/mol. The van der Waals surface area contributed by atoms with E-state index in [0.717, 1.165) is 26.9 Å². The van der Waals surface area contributed by atoms with E-state index in [4.69, 9.17) is 18.0 Å². The Morgan fingerprint density at radius 1 is 1.24 bits per heavy atom. The lowest BCUT2D eigenvalue weighted by atomic mass is 10.1. The maximum absolute atomic E-state index is 12.0. The predicted octanol–water partition coefficient (Wildman–Crippen LogP) is 3.57. The lowest BCUT2D eigenvalue weighted by Crippen LogP contribution is -2.15. The molecule has 0 bridgehead atoms. The number of carbonyl (C=O) groups is 1. The number of halogens is 1. The summed E-state index contributed by atoms with van der Waals surface area (Å²) in [5.41, 5.74) is 9.13. The number of hydrogen-bond acceptors (Lipinski definition) is 2. The number of benzene rings is 2. The number of thiocarbonyl (C=S) groups is 1. The zero-order valence-corrected chi connectivity index (χ0v) is 13.9. The van der Waals surface area contributed by atoms with Gasteiger partial charge in [-0.15, -0.1) is 0 Å². The minimum absolute atomic E-state index is 0.0557. The Balaban J connectivity index is 2.01. The van der Waals surface area contributed by atoms with Gasteiger partial charge in [0.25, 0.3) is 0 Å². The molecule has 3 nitrogen and oxygen atoms in total. The second-order valence-corrected chi connectivity index (χ2v) is 6.04. The van der Waals surface area contributed by atoms with Gasteiger partial charge in [0, 0.05) is 15.7 Å². The number of aryl methyl sites for hydroxylation is 1. The fourth-order valence-corrected chi connectivity index (χ4v) is 2.28. The van der Waals surface area contributed by atoms with Crippen LogP contribution in [0.15, 0.2) is 46.9 Å². The van der Waals surface area contributed by atoms with E-state index in [9.17, 15) is 4.79 Å². The Kier molecular flexibility index (Phi) is 5.09. The molecule has 0 fully saturated rings. The molecule has 0 aliphatic rings. The summed E-state index contributed by atoms with van der Waals surface area (Å²) in [5.74, 6) is -0.0557. The molecule has 108 valence electrons. The van der Waals surface area contributed by atoms with Gasteiger partial charge in [-0.3, -0.25) is 4.79 Å². The summed E-state index contributed by atoms with van der Waals surface area (Å²) in [6, 6.07) is 13.1. The summed E-state index contributed by atoms with van der Waals surface area (Å²) >= 11 is 8.33. The van der Waals surface area contributed by atoms with Gasteiger partial charge in [0.05, 0.1) is 6.42 Å². The van der Waals surface area contributed by atoms with Gasteiger partial charge in [0.15, 0.2) is 0 Å². The first-order valence-electron chi connectivity index (χ1n) is 6.40. The maximum atomic E-state index is 12.0. The SMILES string of the molecule is Cc1cc(NC(=O)Cc2ccc(C(N)=S)cc2)ccc1Br. The highest BCUT2D eigenvalue weighted by molar-refractivity contribution is 9.10. The van der Waals surface area contributed by atoms with E-state index < -0.39 is 0 Å². The van der Waals surface area contributed by atoms with Crippen molar-refractivity contribution >= 4 is 44.7 Å². The van der Waals surface area contributed by atoms with Crippen LogP contribution in [-0.4, -0.2) is 10.9 Å². The number of amides is 1. The van der Waals surface area contributed by atoms with Gasteiger partial charge in [-0.05, 0) is 36.2 Å². The molecular formula is C16H15BrN2OS. The van der Waals surface area contributed by atoms with E-state index in [1.165, 1.54) is 0 Å². The van der Waals surface area contributed by atoms with E-state index in [0.29, 0.717) is 11.4 Å². The van der Waals surface area contributed by atoms with E-state index >= 15 is 0 Å². The summed E-state index contributed by atoms with van der Waals surface area (Å²) in [6.07, 6.45) is 0.312. The van der Waals surface area contributed by atoms with Gasteiger partial charge < -0.3 is 11.1 Å². The Hall–Kier alpha value is -1.72. The zero-order valence-electron chi connectivity index (χ0n) is 11.5. The van der Waals surface area contributed by atoms with Crippen molar-refractivity contribution in [1.82, 2.24) is 0 Å². The van der Waals surface area contributed by atoms with Gasteiger partial charge in [-0.1, -0.05) is 52.4 Å². The molecule has 0 heterocycles. The monoisotopic (exact) mass is 362 g/mol. The Bertz CT molecular complexity index is 683. The molecule has 0 aliphatic heterocycles. The fourth-order valence-electron chi connectivity index (χ4n) is 1.90. The van der Waals surface area contributed by atoms with Crippen LogP contribution in [0.5, 0.6) is 0 Å². The largest absolute Gasteiger partial charge is 0.389 e. The molecule has 0 aromatic heterocycles. The lowest BCUT2D eigenvalue weighted by molar-refractivity contribution is -0.115. The summed E-state index contributed by atoms with van der Waals surface area (Å²) < 4.78 is 1.02. The van der Waals surface area contributed by atoms with Crippen molar-refractivity contribution in [2.75, 3.05) is 5.32 Å². The van der Waals surface area contributed by atoms with Crippen molar-refractivity contribution in [3.8, 4) is 0 Å². The first-order chi connectivity index (χ1) is 9.95.